The summed E-state index contributed by atoms with van der Waals surface area (Å²) in [5.74, 6) is 0. The van der Waals surface area contributed by atoms with Gasteiger partial charge in [-0.25, -0.2) is 0 Å². The largest absolute Gasteiger partial charge is 0.393 e. The van der Waals surface area contributed by atoms with Crippen molar-refractivity contribution < 1.29 is 4.74 Å². The zero-order valence-corrected chi connectivity index (χ0v) is 11.6. The lowest BCUT2D eigenvalue weighted by atomic mass is 9.99. The van der Waals surface area contributed by atoms with Gasteiger partial charge >= 0.3 is 0 Å². The van der Waals surface area contributed by atoms with Crippen molar-refractivity contribution in [2.24, 2.45) is 11.1 Å². The van der Waals surface area contributed by atoms with E-state index < -0.39 is 0 Å². The molecule has 0 aromatic heterocycles. The van der Waals surface area contributed by atoms with Crippen molar-refractivity contribution in [3.8, 4) is 0 Å². The monoisotopic (exact) mass is 256 g/mol. The number of likely N-dealkylation sites (tertiary alicyclic amines) is 1. The normalized spacial score (nSPS) is 24.8. The molecule has 1 heterocycles. The molecule has 2 fully saturated rings. The van der Waals surface area contributed by atoms with Gasteiger partial charge in [-0.15, -0.1) is 0 Å². The Balaban J connectivity index is 1.73. The summed E-state index contributed by atoms with van der Waals surface area (Å²) >= 11 is 5.04. The van der Waals surface area contributed by atoms with Crippen LogP contribution < -0.4 is 5.73 Å². The zero-order chi connectivity index (χ0) is 12.3. The summed E-state index contributed by atoms with van der Waals surface area (Å²) < 4.78 is 5.67. The Bertz CT molecular complexity index is 271. The van der Waals surface area contributed by atoms with Crippen LogP contribution in [0.2, 0.25) is 0 Å². The van der Waals surface area contributed by atoms with Gasteiger partial charge < -0.3 is 15.4 Å². The number of piperidine rings is 1. The van der Waals surface area contributed by atoms with Crippen LogP contribution in [0.1, 0.15) is 39.0 Å². The summed E-state index contributed by atoms with van der Waals surface area (Å²) in [6.07, 6.45) is 6.38. The van der Waals surface area contributed by atoms with Crippen LogP contribution in [-0.2, 0) is 4.74 Å². The first-order valence-electron chi connectivity index (χ1n) is 6.76. The van der Waals surface area contributed by atoms with Gasteiger partial charge in [-0.1, -0.05) is 12.2 Å². The molecule has 0 aromatic rings. The van der Waals surface area contributed by atoms with Gasteiger partial charge in [-0.2, -0.15) is 0 Å². The van der Waals surface area contributed by atoms with Gasteiger partial charge in [-0.3, -0.25) is 0 Å². The van der Waals surface area contributed by atoms with Crippen LogP contribution in [0.5, 0.6) is 0 Å². The third-order valence-electron chi connectivity index (χ3n) is 4.00. The average molecular weight is 256 g/mol. The minimum Gasteiger partial charge on any atom is -0.393 e. The SMILES string of the molecule is CCOC1CCN(CC2(CC(N)=S)CC2)CC1. The summed E-state index contributed by atoms with van der Waals surface area (Å²) in [7, 11) is 0. The molecule has 2 N–H and O–H groups in total. The van der Waals surface area contributed by atoms with E-state index >= 15 is 0 Å². The van der Waals surface area contributed by atoms with E-state index in [4.69, 9.17) is 22.7 Å². The Labute approximate surface area is 110 Å². The van der Waals surface area contributed by atoms with Crippen molar-refractivity contribution in [1.29, 1.82) is 0 Å². The second-order valence-corrected chi connectivity index (χ2v) is 6.10. The molecule has 0 bridgehead atoms. The maximum absolute atomic E-state index is 5.68. The molecule has 98 valence electrons. The summed E-state index contributed by atoms with van der Waals surface area (Å²) in [5.41, 5.74) is 6.11. The lowest BCUT2D eigenvalue weighted by Crippen LogP contribution is -2.40. The first-order valence-corrected chi connectivity index (χ1v) is 7.17. The highest BCUT2D eigenvalue weighted by Gasteiger charge is 2.44. The molecule has 0 spiro atoms. The predicted molar refractivity (Wildman–Crippen MR) is 74.2 cm³/mol. The lowest BCUT2D eigenvalue weighted by molar-refractivity contribution is 0.0102. The zero-order valence-electron chi connectivity index (χ0n) is 10.8. The second kappa shape index (κ2) is 5.63. The highest BCUT2D eigenvalue weighted by molar-refractivity contribution is 7.80. The number of hydrogen-bond donors (Lipinski definition) is 1. The first kappa shape index (κ1) is 13.2. The summed E-state index contributed by atoms with van der Waals surface area (Å²) in [5, 5.41) is 0. The molecule has 0 unspecified atom stereocenters. The first-order chi connectivity index (χ1) is 8.13. The van der Waals surface area contributed by atoms with Crippen molar-refractivity contribution in [1.82, 2.24) is 4.90 Å². The molecular formula is C13H24N2OS. The van der Waals surface area contributed by atoms with Crippen LogP contribution in [0.25, 0.3) is 0 Å². The third-order valence-corrected chi connectivity index (χ3v) is 4.15. The molecule has 17 heavy (non-hydrogen) atoms. The van der Waals surface area contributed by atoms with Crippen LogP contribution in [-0.4, -0.2) is 42.2 Å². The molecule has 1 aliphatic heterocycles. The Morgan fingerprint density at radius 2 is 2.06 bits per heavy atom. The molecular weight excluding hydrogens is 232 g/mol. The predicted octanol–water partition coefficient (Wildman–Crippen LogP) is 1.94. The molecule has 0 radical (unpaired) electrons. The Hall–Kier alpha value is -0.190. The minimum absolute atomic E-state index is 0.435. The fraction of sp³-hybridized carbons (Fsp3) is 0.923. The Kier molecular flexibility index (Phi) is 4.39. The van der Waals surface area contributed by atoms with E-state index in [9.17, 15) is 0 Å². The topological polar surface area (TPSA) is 38.5 Å². The molecule has 0 amide bonds. The smallest absolute Gasteiger partial charge is 0.0733 e. The van der Waals surface area contributed by atoms with Crippen LogP contribution in [0.4, 0.5) is 0 Å². The van der Waals surface area contributed by atoms with Gasteiger partial charge in [0.05, 0.1) is 11.1 Å². The van der Waals surface area contributed by atoms with Crippen molar-refractivity contribution in [2.45, 2.75) is 45.1 Å². The summed E-state index contributed by atoms with van der Waals surface area (Å²) in [6, 6.07) is 0. The summed E-state index contributed by atoms with van der Waals surface area (Å²) in [4.78, 5) is 3.26. The fourth-order valence-electron chi connectivity index (χ4n) is 2.88. The van der Waals surface area contributed by atoms with Gasteiger partial charge in [0, 0.05) is 32.7 Å². The van der Waals surface area contributed by atoms with Crippen molar-refractivity contribution in [3.63, 3.8) is 0 Å². The maximum atomic E-state index is 5.68. The standard InChI is InChI=1S/C13H24N2OS/c1-2-16-11-3-7-15(8-4-11)10-13(5-6-13)9-12(14)17/h11H,2-10H2,1H3,(H2,14,17). The van der Waals surface area contributed by atoms with Gasteiger partial charge in [0.25, 0.3) is 0 Å². The highest BCUT2D eigenvalue weighted by Crippen LogP contribution is 2.49. The van der Waals surface area contributed by atoms with E-state index in [0.29, 0.717) is 16.5 Å². The van der Waals surface area contributed by atoms with Gasteiger partial charge in [0.2, 0.25) is 0 Å². The molecule has 0 aromatic carbocycles. The molecule has 2 aliphatic rings. The van der Waals surface area contributed by atoms with E-state index in [1.54, 1.807) is 0 Å². The number of hydrogen-bond acceptors (Lipinski definition) is 3. The van der Waals surface area contributed by atoms with Gasteiger partial charge in [-0.05, 0) is 38.0 Å². The van der Waals surface area contributed by atoms with Crippen LogP contribution in [0.3, 0.4) is 0 Å². The molecule has 0 atom stereocenters. The number of nitrogens with zero attached hydrogens (tertiary/aromatic N) is 1. The second-order valence-electron chi connectivity index (χ2n) is 5.57. The van der Waals surface area contributed by atoms with E-state index in [2.05, 4.69) is 11.8 Å². The fourth-order valence-corrected chi connectivity index (χ4v) is 3.19. The van der Waals surface area contributed by atoms with E-state index in [0.717, 1.165) is 13.0 Å². The van der Waals surface area contributed by atoms with Crippen molar-refractivity contribution in [3.05, 3.63) is 0 Å². The average Bonchev–Trinajstić information content (AvgIpc) is 3.00. The third kappa shape index (κ3) is 3.90. The molecule has 1 aliphatic carbocycles. The highest BCUT2D eigenvalue weighted by atomic mass is 32.1. The van der Waals surface area contributed by atoms with Gasteiger partial charge in [0.15, 0.2) is 0 Å². The Morgan fingerprint density at radius 1 is 1.41 bits per heavy atom. The van der Waals surface area contributed by atoms with Crippen molar-refractivity contribution in [2.75, 3.05) is 26.2 Å². The molecule has 2 rings (SSSR count). The van der Waals surface area contributed by atoms with E-state index in [-0.39, 0.29) is 0 Å². The quantitative estimate of drug-likeness (QED) is 0.737. The van der Waals surface area contributed by atoms with E-state index in [1.807, 2.05) is 0 Å². The number of ether oxygens (including phenoxy) is 1. The number of thiocarbonyl (C=S) groups is 1. The van der Waals surface area contributed by atoms with Crippen molar-refractivity contribution >= 4 is 17.2 Å². The Morgan fingerprint density at radius 3 is 2.53 bits per heavy atom. The molecule has 3 nitrogen and oxygen atoms in total. The molecule has 4 heteroatoms. The van der Waals surface area contributed by atoms with Crippen LogP contribution in [0, 0.1) is 5.41 Å². The number of nitrogens with two attached hydrogens (primary N) is 1. The summed E-state index contributed by atoms with van der Waals surface area (Å²) in [6.45, 7) is 6.44. The lowest BCUT2D eigenvalue weighted by Gasteiger charge is -2.34. The molecule has 1 saturated carbocycles. The van der Waals surface area contributed by atoms with E-state index in [1.165, 1.54) is 45.3 Å². The van der Waals surface area contributed by atoms with Gasteiger partial charge in [0.1, 0.15) is 0 Å². The maximum Gasteiger partial charge on any atom is 0.0733 e. The van der Waals surface area contributed by atoms with Crippen LogP contribution in [0.15, 0.2) is 0 Å². The molecule has 1 saturated heterocycles. The number of rotatable bonds is 6. The minimum atomic E-state index is 0.435. The van der Waals surface area contributed by atoms with Crippen LogP contribution >= 0.6 is 12.2 Å².